The van der Waals surface area contributed by atoms with Gasteiger partial charge in [0.1, 0.15) is 0 Å². The lowest BCUT2D eigenvalue weighted by Gasteiger charge is -2.35. The molecule has 1 fully saturated rings. The van der Waals surface area contributed by atoms with Crippen molar-refractivity contribution in [3.63, 3.8) is 0 Å². The third kappa shape index (κ3) is 4.19. The molecule has 0 bridgehead atoms. The number of likely N-dealkylation sites (N-methyl/N-ethyl adjacent to an activating group) is 1. The van der Waals surface area contributed by atoms with Crippen molar-refractivity contribution in [1.82, 2.24) is 4.90 Å². The van der Waals surface area contributed by atoms with Crippen LogP contribution >= 0.6 is 22.6 Å². The first-order chi connectivity index (χ1) is 8.57. The van der Waals surface area contributed by atoms with Gasteiger partial charge in [-0.2, -0.15) is 0 Å². The minimum atomic E-state index is -0.573. The molecule has 0 amide bonds. The van der Waals surface area contributed by atoms with Crippen LogP contribution in [0.5, 0.6) is 0 Å². The third-order valence-electron chi connectivity index (χ3n) is 3.35. The number of aliphatic hydroxyl groups is 1. The molecule has 1 aliphatic heterocycles. The molecular weight excluding hydrogens is 341 g/mol. The maximum absolute atomic E-state index is 10.4. The highest BCUT2D eigenvalue weighted by Gasteiger charge is 2.30. The molecule has 0 unspecified atom stereocenters. The fourth-order valence-electron chi connectivity index (χ4n) is 2.37. The molecule has 0 atom stereocenters. The summed E-state index contributed by atoms with van der Waals surface area (Å²) in [5.74, 6) is 0. The molecule has 0 aliphatic carbocycles. The van der Waals surface area contributed by atoms with Crippen LogP contribution in [0, 0.1) is 3.57 Å². The minimum absolute atomic E-state index is 0.573. The lowest BCUT2D eigenvalue weighted by atomic mass is 9.94. The maximum Gasteiger partial charge on any atom is 0.0817 e. The fourth-order valence-corrected chi connectivity index (χ4v) is 2.73. The van der Waals surface area contributed by atoms with E-state index in [0.717, 1.165) is 19.4 Å². The second-order valence-corrected chi connectivity index (χ2v) is 6.38. The van der Waals surface area contributed by atoms with Crippen molar-refractivity contribution in [1.29, 1.82) is 0 Å². The topological polar surface area (TPSA) is 32.7 Å². The Balaban J connectivity index is 1.87. The second-order valence-electron chi connectivity index (χ2n) is 5.14. The standard InChI is InChI=1S/C14H20INO2/c1-16(10-12-2-4-13(15)5-3-12)11-14(17)6-8-18-9-7-14/h2-5,17H,6-11H2,1H3. The molecule has 0 saturated carbocycles. The summed E-state index contributed by atoms with van der Waals surface area (Å²) in [7, 11) is 2.06. The maximum atomic E-state index is 10.4. The van der Waals surface area contributed by atoms with Crippen molar-refractivity contribution in [2.75, 3.05) is 26.8 Å². The van der Waals surface area contributed by atoms with Gasteiger partial charge in [-0.15, -0.1) is 0 Å². The number of hydrogen-bond acceptors (Lipinski definition) is 3. The highest BCUT2D eigenvalue weighted by Crippen LogP contribution is 2.22. The zero-order valence-corrected chi connectivity index (χ0v) is 12.9. The third-order valence-corrected chi connectivity index (χ3v) is 4.07. The molecule has 1 aliphatic rings. The summed E-state index contributed by atoms with van der Waals surface area (Å²) in [5, 5.41) is 10.4. The largest absolute Gasteiger partial charge is 0.388 e. The Hall–Kier alpha value is -0.170. The van der Waals surface area contributed by atoms with Crippen LogP contribution in [0.3, 0.4) is 0 Å². The molecule has 3 nitrogen and oxygen atoms in total. The van der Waals surface area contributed by atoms with Gasteiger partial charge in [0, 0.05) is 42.7 Å². The van der Waals surface area contributed by atoms with Crippen molar-refractivity contribution in [2.24, 2.45) is 0 Å². The van der Waals surface area contributed by atoms with Crippen LogP contribution in [0.1, 0.15) is 18.4 Å². The van der Waals surface area contributed by atoms with Gasteiger partial charge >= 0.3 is 0 Å². The van der Waals surface area contributed by atoms with Crippen LogP contribution < -0.4 is 0 Å². The lowest BCUT2D eigenvalue weighted by Crippen LogP contribution is -2.45. The fraction of sp³-hybridized carbons (Fsp3) is 0.571. The van der Waals surface area contributed by atoms with Gasteiger partial charge in [0.2, 0.25) is 0 Å². The molecule has 18 heavy (non-hydrogen) atoms. The van der Waals surface area contributed by atoms with Crippen LogP contribution in [-0.2, 0) is 11.3 Å². The molecule has 0 spiro atoms. The second kappa shape index (κ2) is 6.32. The summed E-state index contributed by atoms with van der Waals surface area (Å²) < 4.78 is 6.55. The number of nitrogens with zero attached hydrogens (tertiary/aromatic N) is 1. The van der Waals surface area contributed by atoms with E-state index < -0.39 is 5.60 Å². The van der Waals surface area contributed by atoms with E-state index in [-0.39, 0.29) is 0 Å². The van der Waals surface area contributed by atoms with Crippen molar-refractivity contribution < 1.29 is 9.84 Å². The van der Waals surface area contributed by atoms with E-state index in [1.54, 1.807) is 0 Å². The van der Waals surface area contributed by atoms with Crippen molar-refractivity contribution in [2.45, 2.75) is 25.0 Å². The quantitative estimate of drug-likeness (QED) is 0.836. The SMILES string of the molecule is CN(Cc1ccc(I)cc1)CC1(O)CCOCC1. The smallest absolute Gasteiger partial charge is 0.0817 e. The summed E-state index contributed by atoms with van der Waals surface area (Å²) >= 11 is 2.31. The van der Waals surface area contributed by atoms with E-state index in [1.165, 1.54) is 9.13 Å². The first-order valence-corrected chi connectivity index (χ1v) is 7.38. The zero-order valence-electron chi connectivity index (χ0n) is 10.7. The van der Waals surface area contributed by atoms with Crippen molar-refractivity contribution in [3.8, 4) is 0 Å². The first-order valence-electron chi connectivity index (χ1n) is 6.31. The van der Waals surface area contributed by atoms with Crippen LogP contribution in [0.25, 0.3) is 0 Å². The van der Waals surface area contributed by atoms with Gasteiger partial charge in [0.05, 0.1) is 5.60 Å². The highest BCUT2D eigenvalue weighted by molar-refractivity contribution is 14.1. The van der Waals surface area contributed by atoms with Gasteiger partial charge in [0.25, 0.3) is 0 Å². The molecule has 0 aromatic heterocycles. The first kappa shape index (κ1) is 14.2. The molecule has 1 N–H and O–H groups in total. The predicted molar refractivity (Wildman–Crippen MR) is 80.5 cm³/mol. The number of rotatable bonds is 4. The Labute approximate surface area is 122 Å². The summed E-state index contributed by atoms with van der Waals surface area (Å²) in [6.07, 6.45) is 1.48. The average Bonchev–Trinajstić information content (AvgIpc) is 2.32. The molecule has 1 aromatic rings. The molecule has 1 saturated heterocycles. The van der Waals surface area contributed by atoms with E-state index in [2.05, 4.69) is 58.8 Å². The number of halogens is 1. The van der Waals surface area contributed by atoms with Crippen molar-refractivity contribution >= 4 is 22.6 Å². The van der Waals surface area contributed by atoms with E-state index in [9.17, 15) is 5.11 Å². The van der Waals surface area contributed by atoms with Gasteiger partial charge in [-0.25, -0.2) is 0 Å². The zero-order chi connectivity index (χ0) is 13.0. The summed E-state index contributed by atoms with van der Waals surface area (Å²) in [6, 6.07) is 8.53. The Kier molecular flexibility index (Phi) is 5.00. The minimum Gasteiger partial charge on any atom is -0.388 e. The van der Waals surface area contributed by atoms with E-state index in [4.69, 9.17) is 4.74 Å². The molecule has 0 radical (unpaired) electrons. The Morgan fingerprint density at radius 1 is 1.28 bits per heavy atom. The van der Waals surface area contributed by atoms with Gasteiger partial charge in [-0.3, -0.25) is 4.90 Å². The van der Waals surface area contributed by atoms with Crippen LogP contribution in [0.15, 0.2) is 24.3 Å². The van der Waals surface area contributed by atoms with E-state index in [0.29, 0.717) is 19.8 Å². The van der Waals surface area contributed by atoms with Crippen LogP contribution in [0.4, 0.5) is 0 Å². The Bertz CT molecular complexity index is 374. The van der Waals surface area contributed by atoms with Gasteiger partial charge in [-0.1, -0.05) is 12.1 Å². The normalized spacial score (nSPS) is 19.1. The van der Waals surface area contributed by atoms with E-state index in [1.807, 2.05) is 0 Å². The lowest BCUT2D eigenvalue weighted by molar-refractivity contribution is -0.0777. The molecule has 2 rings (SSSR count). The summed E-state index contributed by atoms with van der Waals surface area (Å²) in [5.41, 5.74) is 0.713. The average molecular weight is 361 g/mol. The Morgan fingerprint density at radius 3 is 2.50 bits per heavy atom. The number of ether oxygens (including phenoxy) is 1. The Morgan fingerprint density at radius 2 is 1.89 bits per heavy atom. The van der Waals surface area contributed by atoms with Crippen LogP contribution in [0.2, 0.25) is 0 Å². The van der Waals surface area contributed by atoms with Gasteiger partial charge in [-0.05, 0) is 47.3 Å². The van der Waals surface area contributed by atoms with Crippen LogP contribution in [-0.4, -0.2) is 42.4 Å². The molecule has 1 heterocycles. The van der Waals surface area contributed by atoms with E-state index >= 15 is 0 Å². The van der Waals surface area contributed by atoms with Gasteiger partial charge in [0.15, 0.2) is 0 Å². The highest BCUT2D eigenvalue weighted by atomic mass is 127. The van der Waals surface area contributed by atoms with Gasteiger partial charge < -0.3 is 9.84 Å². The number of benzene rings is 1. The molecule has 4 heteroatoms. The monoisotopic (exact) mass is 361 g/mol. The molecular formula is C14H20INO2. The van der Waals surface area contributed by atoms with Crippen molar-refractivity contribution in [3.05, 3.63) is 33.4 Å². The number of hydrogen-bond donors (Lipinski definition) is 1. The molecule has 1 aromatic carbocycles. The predicted octanol–water partition coefficient (Wildman–Crippen LogP) is 2.26. The summed E-state index contributed by atoms with van der Waals surface area (Å²) in [6.45, 7) is 2.93. The molecule has 100 valence electrons. The summed E-state index contributed by atoms with van der Waals surface area (Å²) in [4.78, 5) is 2.19.